The second-order valence-corrected chi connectivity index (χ2v) is 7.90. The molecule has 7 heteroatoms. The predicted molar refractivity (Wildman–Crippen MR) is 115 cm³/mol. The highest BCUT2D eigenvalue weighted by atomic mass is 16.3. The molecule has 1 fully saturated rings. The molecule has 0 saturated carbocycles. The van der Waals surface area contributed by atoms with Crippen molar-refractivity contribution >= 4 is 5.82 Å². The van der Waals surface area contributed by atoms with Crippen molar-refractivity contribution in [1.82, 2.24) is 25.7 Å². The minimum absolute atomic E-state index is 0.178. The summed E-state index contributed by atoms with van der Waals surface area (Å²) in [7, 11) is 2.11. The van der Waals surface area contributed by atoms with E-state index in [1.807, 2.05) is 24.3 Å². The molecule has 0 amide bonds. The number of phenols is 1. The summed E-state index contributed by atoms with van der Waals surface area (Å²) < 4.78 is 0. The number of anilines is 1. The van der Waals surface area contributed by atoms with Crippen LogP contribution >= 0.6 is 0 Å². The Morgan fingerprint density at radius 2 is 2.00 bits per heavy atom. The van der Waals surface area contributed by atoms with E-state index in [0.29, 0.717) is 29.1 Å². The molecule has 1 aromatic carbocycles. The van der Waals surface area contributed by atoms with Crippen LogP contribution in [-0.2, 0) is 0 Å². The average molecular weight is 393 g/mol. The van der Waals surface area contributed by atoms with Gasteiger partial charge in [-0.3, -0.25) is 5.10 Å². The number of aromatic amines is 1. The van der Waals surface area contributed by atoms with Crippen LogP contribution in [-0.4, -0.2) is 51.7 Å². The number of nitrogens with one attached hydrogen (secondary N) is 2. The summed E-state index contributed by atoms with van der Waals surface area (Å²) in [5.41, 5.74) is 3.15. The van der Waals surface area contributed by atoms with E-state index < -0.39 is 0 Å². The molecular weight excluding hydrogens is 364 g/mol. The molecule has 0 radical (unpaired) electrons. The van der Waals surface area contributed by atoms with Gasteiger partial charge < -0.3 is 15.3 Å². The van der Waals surface area contributed by atoms with E-state index in [1.54, 1.807) is 18.5 Å². The highest BCUT2D eigenvalue weighted by Gasteiger charge is 2.33. The van der Waals surface area contributed by atoms with Crippen molar-refractivity contribution < 1.29 is 5.11 Å². The van der Waals surface area contributed by atoms with Gasteiger partial charge in [0.1, 0.15) is 5.75 Å². The van der Waals surface area contributed by atoms with Crippen LogP contribution < -0.4 is 10.2 Å². The number of phenolic OH excluding ortho intramolecular Hbond substituents is 1. The smallest absolute Gasteiger partial charge is 0.151 e. The van der Waals surface area contributed by atoms with E-state index in [-0.39, 0.29) is 5.75 Å². The van der Waals surface area contributed by atoms with Crippen molar-refractivity contribution in [2.45, 2.75) is 26.3 Å². The lowest BCUT2D eigenvalue weighted by Gasteiger charge is -2.42. The van der Waals surface area contributed by atoms with Gasteiger partial charge in [-0.05, 0) is 54.8 Å². The molecule has 152 valence electrons. The van der Waals surface area contributed by atoms with Crippen molar-refractivity contribution in [3.05, 3.63) is 42.7 Å². The normalized spacial score (nSPS) is 21.8. The molecule has 2 aromatic heterocycles. The molecule has 7 nitrogen and oxygen atoms in total. The van der Waals surface area contributed by atoms with Crippen LogP contribution in [0, 0.1) is 11.8 Å². The lowest BCUT2D eigenvalue weighted by Crippen LogP contribution is -2.53. The van der Waals surface area contributed by atoms with Gasteiger partial charge in [-0.15, -0.1) is 10.2 Å². The SMILES string of the molecule is CC[C@@H]1CNC[C@H](C)[C@H]1N(C)c1ccc(-c2ccc(-c3cn[nH]c3)cc2O)nn1. The first-order valence-corrected chi connectivity index (χ1v) is 10.2. The van der Waals surface area contributed by atoms with Crippen molar-refractivity contribution in [2.24, 2.45) is 11.8 Å². The van der Waals surface area contributed by atoms with E-state index >= 15 is 0 Å². The summed E-state index contributed by atoms with van der Waals surface area (Å²) in [5, 5.41) is 29.7. The van der Waals surface area contributed by atoms with Crippen LogP contribution in [0.25, 0.3) is 22.4 Å². The Labute approximate surface area is 171 Å². The molecule has 3 aromatic rings. The maximum absolute atomic E-state index is 10.5. The number of hydrogen-bond donors (Lipinski definition) is 3. The minimum atomic E-state index is 0.178. The summed E-state index contributed by atoms with van der Waals surface area (Å²) in [5.74, 6) is 2.17. The summed E-state index contributed by atoms with van der Waals surface area (Å²) in [6.07, 6.45) is 4.66. The van der Waals surface area contributed by atoms with Crippen LogP contribution in [0.2, 0.25) is 0 Å². The Balaban J connectivity index is 1.56. The first kappa shape index (κ1) is 19.4. The Kier molecular flexibility index (Phi) is 5.49. The van der Waals surface area contributed by atoms with E-state index in [4.69, 9.17) is 0 Å². The number of benzene rings is 1. The Morgan fingerprint density at radius 1 is 1.14 bits per heavy atom. The summed E-state index contributed by atoms with van der Waals surface area (Å²) in [6, 6.07) is 9.90. The maximum Gasteiger partial charge on any atom is 0.151 e. The van der Waals surface area contributed by atoms with Gasteiger partial charge >= 0.3 is 0 Å². The molecule has 1 aliphatic rings. The monoisotopic (exact) mass is 392 g/mol. The number of piperidine rings is 1. The zero-order valence-corrected chi connectivity index (χ0v) is 17.1. The molecule has 0 spiro atoms. The van der Waals surface area contributed by atoms with Gasteiger partial charge in [0.05, 0.1) is 11.9 Å². The van der Waals surface area contributed by atoms with Crippen molar-refractivity contribution in [2.75, 3.05) is 25.0 Å². The van der Waals surface area contributed by atoms with Crippen molar-refractivity contribution in [1.29, 1.82) is 0 Å². The molecule has 29 heavy (non-hydrogen) atoms. The zero-order valence-electron chi connectivity index (χ0n) is 17.1. The second kappa shape index (κ2) is 8.21. The summed E-state index contributed by atoms with van der Waals surface area (Å²) in [6.45, 7) is 6.60. The van der Waals surface area contributed by atoms with Crippen LogP contribution in [0.15, 0.2) is 42.7 Å². The summed E-state index contributed by atoms with van der Waals surface area (Å²) >= 11 is 0. The van der Waals surface area contributed by atoms with Crippen LogP contribution in [0.5, 0.6) is 5.75 Å². The van der Waals surface area contributed by atoms with Gasteiger partial charge in [0.2, 0.25) is 0 Å². The van der Waals surface area contributed by atoms with E-state index in [0.717, 1.165) is 36.5 Å². The molecule has 4 rings (SSSR count). The molecule has 3 N–H and O–H groups in total. The molecule has 1 aliphatic heterocycles. The third kappa shape index (κ3) is 3.82. The van der Waals surface area contributed by atoms with Gasteiger partial charge in [0.15, 0.2) is 5.82 Å². The number of aromatic nitrogens is 4. The van der Waals surface area contributed by atoms with Crippen LogP contribution in [0.3, 0.4) is 0 Å². The van der Waals surface area contributed by atoms with Gasteiger partial charge in [-0.1, -0.05) is 26.3 Å². The van der Waals surface area contributed by atoms with E-state index in [2.05, 4.69) is 51.5 Å². The topological polar surface area (TPSA) is 90.0 Å². The van der Waals surface area contributed by atoms with E-state index in [9.17, 15) is 5.11 Å². The number of nitrogens with zero attached hydrogens (tertiary/aromatic N) is 4. The number of rotatable bonds is 5. The molecule has 1 saturated heterocycles. The first-order chi connectivity index (χ1) is 14.1. The molecule has 0 unspecified atom stereocenters. The molecular formula is C22H28N6O. The Bertz CT molecular complexity index is 940. The standard InChI is InChI=1S/C22H28N6O/c1-4-15-11-23-10-14(2)22(15)28(3)21-8-7-19(26-27-21)18-6-5-16(9-20(18)29)17-12-24-25-13-17/h5-9,12-15,22-23,29H,4,10-11H2,1-3H3,(H,24,25)/t14-,15+,22+/m0/s1. The van der Waals surface area contributed by atoms with Gasteiger partial charge in [0, 0.05) is 30.4 Å². The van der Waals surface area contributed by atoms with Gasteiger partial charge in [-0.25, -0.2) is 0 Å². The third-order valence-electron chi connectivity index (χ3n) is 6.03. The average Bonchev–Trinajstić information content (AvgIpc) is 3.28. The van der Waals surface area contributed by atoms with Crippen LogP contribution in [0.1, 0.15) is 20.3 Å². The Hall–Kier alpha value is -2.93. The molecule has 3 atom stereocenters. The van der Waals surface area contributed by atoms with E-state index in [1.165, 1.54) is 0 Å². The molecule has 0 bridgehead atoms. The number of hydrogen-bond acceptors (Lipinski definition) is 6. The zero-order chi connectivity index (χ0) is 20.4. The highest BCUT2D eigenvalue weighted by Crippen LogP contribution is 2.33. The largest absolute Gasteiger partial charge is 0.507 e. The van der Waals surface area contributed by atoms with Crippen LogP contribution in [0.4, 0.5) is 5.82 Å². The predicted octanol–water partition coefficient (Wildman–Crippen LogP) is 3.31. The first-order valence-electron chi connectivity index (χ1n) is 10.2. The number of aromatic hydroxyl groups is 1. The Morgan fingerprint density at radius 3 is 2.66 bits per heavy atom. The van der Waals surface area contributed by atoms with Crippen molar-refractivity contribution in [3.63, 3.8) is 0 Å². The highest BCUT2D eigenvalue weighted by molar-refractivity contribution is 5.73. The quantitative estimate of drug-likeness (QED) is 0.617. The molecule has 3 heterocycles. The molecule has 0 aliphatic carbocycles. The fraction of sp³-hybridized carbons (Fsp3) is 0.409. The lowest BCUT2D eigenvalue weighted by atomic mass is 9.83. The van der Waals surface area contributed by atoms with Gasteiger partial charge in [0.25, 0.3) is 0 Å². The second-order valence-electron chi connectivity index (χ2n) is 7.90. The van der Waals surface area contributed by atoms with Gasteiger partial charge in [-0.2, -0.15) is 5.10 Å². The fourth-order valence-electron chi connectivity index (χ4n) is 4.43. The maximum atomic E-state index is 10.5. The number of H-pyrrole nitrogens is 1. The van der Waals surface area contributed by atoms with Crippen molar-refractivity contribution in [3.8, 4) is 28.1 Å². The fourth-order valence-corrected chi connectivity index (χ4v) is 4.43. The minimum Gasteiger partial charge on any atom is -0.507 e. The third-order valence-corrected chi connectivity index (χ3v) is 6.03. The lowest BCUT2D eigenvalue weighted by molar-refractivity contribution is 0.240. The summed E-state index contributed by atoms with van der Waals surface area (Å²) in [4.78, 5) is 2.26.